The third-order valence-electron chi connectivity index (χ3n) is 1.59. The topological polar surface area (TPSA) is 23.8 Å². The molecular weight excluding hydrogens is 204 g/mol. The van der Waals surface area contributed by atoms with Crippen molar-refractivity contribution < 1.29 is 21.7 Å². The summed E-state index contributed by atoms with van der Waals surface area (Å²) in [7, 11) is 0. The molecule has 0 aliphatic heterocycles. The molecule has 0 saturated carbocycles. The zero-order valence-corrected chi connectivity index (χ0v) is 6.57. The molecule has 0 aromatic heterocycles. The molecule has 0 aliphatic carbocycles. The van der Waals surface area contributed by atoms with Crippen LogP contribution in [0.3, 0.4) is 0 Å². The van der Waals surface area contributed by atoms with E-state index in [-0.39, 0.29) is 0 Å². The molecular formula is C7H2BF5N-. The van der Waals surface area contributed by atoms with Crippen molar-refractivity contribution in [2.45, 2.75) is 0 Å². The summed E-state index contributed by atoms with van der Waals surface area (Å²) < 4.78 is 61.5. The molecule has 1 rings (SSSR count). The second kappa shape index (κ2) is 3.29. The van der Waals surface area contributed by atoms with Crippen LogP contribution in [0.15, 0.2) is 12.1 Å². The molecule has 0 amide bonds. The zero-order valence-electron chi connectivity index (χ0n) is 6.57. The van der Waals surface area contributed by atoms with Gasteiger partial charge in [0.05, 0.1) is 5.56 Å². The SMILES string of the molecule is N#Cc1ccc([B-](F)(F)F)c(F)c1F. The molecule has 0 spiro atoms. The van der Waals surface area contributed by atoms with E-state index in [1.807, 2.05) is 0 Å². The highest BCUT2D eigenvalue weighted by molar-refractivity contribution is 6.73. The summed E-state index contributed by atoms with van der Waals surface area (Å²) in [6, 6.07) is 2.20. The van der Waals surface area contributed by atoms with Gasteiger partial charge in [-0.3, -0.25) is 0 Å². The smallest absolute Gasteiger partial charge is 0.445 e. The number of rotatable bonds is 1. The first kappa shape index (κ1) is 10.5. The van der Waals surface area contributed by atoms with Crippen molar-refractivity contribution in [2.24, 2.45) is 0 Å². The Morgan fingerprint density at radius 3 is 2.07 bits per heavy atom. The summed E-state index contributed by atoms with van der Waals surface area (Å²) in [6.45, 7) is -5.59. The molecule has 0 bridgehead atoms. The van der Waals surface area contributed by atoms with Crippen molar-refractivity contribution in [2.75, 3.05) is 0 Å². The third-order valence-corrected chi connectivity index (χ3v) is 1.59. The molecule has 0 heterocycles. The number of benzene rings is 1. The van der Waals surface area contributed by atoms with Crippen LogP contribution < -0.4 is 5.46 Å². The molecule has 0 fully saturated rings. The normalized spacial score (nSPS) is 11.1. The Morgan fingerprint density at radius 2 is 1.64 bits per heavy atom. The maximum absolute atomic E-state index is 12.7. The van der Waals surface area contributed by atoms with Gasteiger partial charge in [-0.2, -0.15) is 5.26 Å². The molecule has 1 aromatic carbocycles. The quantitative estimate of drug-likeness (QED) is 0.508. The van der Waals surface area contributed by atoms with Crippen LogP contribution in [-0.2, 0) is 0 Å². The fourth-order valence-electron chi connectivity index (χ4n) is 0.904. The van der Waals surface area contributed by atoms with Gasteiger partial charge in [0.2, 0.25) is 0 Å². The fourth-order valence-corrected chi connectivity index (χ4v) is 0.904. The third kappa shape index (κ3) is 1.69. The van der Waals surface area contributed by atoms with Gasteiger partial charge in [0.25, 0.3) is 0 Å². The van der Waals surface area contributed by atoms with E-state index >= 15 is 0 Å². The summed E-state index contributed by atoms with van der Waals surface area (Å²) in [5, 5.41) is 8.20. The van der Waals surface area contributed by atoms with Gasteiger partial charge in [0.1, 0.15) is 11.9 Å². The van der Waals surface area contributed by atoms with Crippen molar-refractivity contribution in [3.63, 3.8) is 0 Å². The first-order valence-electron chi connectivity index (χ1n) is 3.46. The summed E-state index contributed by atoms with van der Waals surface area (Å²) >= 11 is 0. The lowest BCUT2D eigenvalue weighted by atomic mass is 9.79. The van der Waals surface area contributed by atoms with E-state index in [0.717, 1.165) is 0 Å². The van der Waals surface area contributed by atoms with Crippen molar-refractivity contribution in [3.8, 4) is 6.07 Å². The lowest BCUT2D eigenvalue weighted by molar-refractivity contribution is 0.477. The number of hydrogen-bond donors (Lipinski definition) is 0. The Balaban J connectivity index is 3.41. The predicted molar refractivity (Wildman–Crippen MR) is 39.8 cm³/mol. The van der Waals surface area contributed by atoms with Crippen LogP contribution in [0.5, 0.6) is 0 Å². The van der Waals surface area contributed by atoms with Crippen LogP contribution in [0, 0.1) is 23.0 Å². The van der Waals surface area contributed by atoms with Gasteiger partial charge >= 0.3 is 6.98 Å². The van der Waals surface area contributed by atoms with Gasteiger partial charge in [-0.15, -0.1) is 0 Å². The summed E-state index contributed by atoms with van der Waals surface area (Å²) in [5.74, 6) is -3.78. The molecule has 0 aliphatic rings. The van der Waals surface area contributed by atoms with Crippen molar-refractivity contribution in [1.82, 2.24) is 0 Å². The fraction of sp³-hybridized carbons (Fsp3) is 0. The minimum atomic E-state index is -5.59. The monoisotopic (exact) mass is 206 g/mol. The molecule has 0 radical (unpaired) electrons. The van der Waals surface area contributed by atoms with Crippen molar-refractivity contribution >= 4 is 12.4 Å². The second-order valence-corrected chi connectivity index (χ2v) is 2.52. The van der Waals surface area contributed by atoms with Crippen LogP contribution in [0.4, 0.5) is 21.7 Å². The van der Waals surface area contributed by atoms with Crippen LogP contribution in [0.25, 0.3) is 0 Å². The van der Waals surface area contributed by atoms with Gasteiger partial charge in [0, 0.05) is 0 Å². The Morgan fingerprint density at radius 1 is 1.07 bits per heavy atom. The van der Waals surface area contributed by atoms with Crippen LogP contribution >= 0.6 is 0 Å². The largest absolute Gasteiger partial charge is 0.512 e. The average molecular weight is 206 g/mol. The number of nitriles is 1. The molecule has 0 saturated heterocycles. The van der Waals surface area contributed by atoms with Crippen molar-refractivity contribution in [1.29, 1.82) is 5.26 Å². The Labute approximate surface area is 75.8 Å². The highest BCUT2D eigenvalue weighted by Gasteiger charge is 2.31. The van der Waals surface area contributed by atoms with E-state index in [1.54, 1.807) is 0 Å². The minimum Gasteiger partial charge on any atom is -0.445 e. The number of nitrogens with zero attached hydrogens (tertiary/aromatic N) is 1. The molecule has 1 nitrogen and oxygen atoms in total. The Bertz CT molecular complexity index is 406. The molecule has 0 unspecified atom stereocenters. The average Bonchev–Trinajstić information content (AvgIpc) is 2.07. The molecule has 14 heavy (non-hydrogen) atoms. The lowest BCUT2D eigenvalue weighted by Gasteiger charge is -2.15. The summed E-state index contributed by atoms with van der Waals surface area (Å²) in [5.41, 5.74) is -2.40. The highest BCUT2D eigenvalue weighted by Crippen LogP contribution is 2.15. The standard InChI is InChI=1S/C7H2BF5N/c9-6-4(3-14)1-2-5(7(6)10)8(11,12)13/h1-2H/q-1. The van der Waals surface area contributed by atoms with E-state index in [0.29, 0.717) is 12.1 Å². The van der Waals surface area contributed by atoms with Crippen molar-refractivity contribution in [3.05, 3.63) is 29.3 Å². The van der Waals surface area contributed by atoms with E-state index in [1.165, 1.54) is 6.07 Å². The van der Waals surface area contributed by atoms with Gasteiger partial charge in [-0.25, -0.2) is 8.78 Å². The zero-order chi connectivity index (χ0) is 10.9. The first-order chi connectivity index (χ1) is 6.38. The van der Waals surface area contributed by atoms with Gasteiger partial charge in [-0.05, 0) is 6.07 Å². The predicted octanol–water partition coefficient (Wildman–Crippen LogP) is 1.89. The minimum absolute atomic E-state index is 0.358. The first-order valence-corrected chi connectivity index (χ1v) is 3.46. The lowest BCUT2D eigenvalue weighted by Crippen LogP contribution is -2.37. The van der Waals surface area contributed by atoms with Gasteiger partial charge in [-0.1, -0.05) is 11.5 Å². The van der Waals surface area contributed by atoms with E-state index < -0.39 is 29.6 Å². The molecule has 7 heteroatoms. The Hall–Kier alpha value is -1.58. The molecule has 0 atom stereocenters. The molecule has 1 aromatic rings. The highest BCUT2D eigenvalue weighted by atomic mass is 19.4. The summed E-state index contributed by atoms with van der Waals surface area (Å²) in [6.07, 6.45) is 0. The summed E-state index contributed by atoms with van der Waals surface area (Å²) in [4.78, 5) is 0. The Kier molecular flexibility index (Phi) is 2.47. The van der Waals surface area contributed by atoms with Gasteiger partial charge in [0.15, 0.2) is 5.82 Å². The van der Waals surface area contributed by atoms with Crippen LogP contribution in [-0.4, -0.2) is 6.98 Å². The van der Waals surface area contributed by atoms with E-state index in [9.17, 15) is 21.7 Å². The van der Waals surface area contributed by atoms with Gasteiger partial charge < -0.3 is 12.9 Å². The number of halogens is 5. The second-order valence-electron chi connectivity index (χ2n) is 2.52. The van der Waals surface area contributed by atoms with Crippen LogP contribution in [0.2, 0.25) is 0 Å². The van der Waals surface area contributed by atoms with Crippen LogP contribution in [0.1, 0.15) is 5.56 Å². The number of hydrogen-bond acceptors (Lipinski definition) is 1. The van der Waals surface area contributed by atoms with E-state index in [4.69, 9.17) is 5.26 Å². The maximum Gasteiger partial charge on any atom is 0.512 e. The van der Waals surface area contributed by atoms with E-state index in [2.05, 4.69) is 0 Å². The molecule has 74 valence electrons. The molecule has 0 N–H and O–H groups in total. The maximum atomic E-state index is 12.7.